The van der Waals surface area contributed by atoms with Crippen molar-refractivity contribution in [2.75, 3.05) is 46.4 Å². The van der Waals surface area contributed by atoms with Gasteiger partial charge in [0.25, 0.3) is 0 Å². The predicted octanol–water partition coefficient (Wildman–Crippen LogP) is 2.54. The molecule has 4 rings (SSSR count). The normalized spacial score (nSPS) is 17.8. The number of carbonyl (C=O) groups is 1. The number of piperazine rings is 1. The zero-order valence-corrected chi connectivity index (χ0v) is 16.9. The fraction of sp³-hybridized carbons (Fsp3) is 0.435. The fourth-order valence-electron chi connectivity index (χ4n) is 4.22. The number of nitrogens with zero attached hydrogens (tertiary/aromatic N) is 3. The number of amides is 1. The monoisotopic (exact) mass is 397 g/mol. The SMILES string of the molecule is COc1ccc(F)cc1CN1CCN(CC(=O)N2CCc3ccccc3C2)CC1. The van der Waals surface area contributed by atoms with E-state index in [4.69, 9.17) is 4.74 Å². The molecule has 0 unspecified atom stereocenters. The molecule has 0 saturated carbocycles. The van der Waals surface area contributed by atoms with Gasteiger partial charge in [0.1, 0.15) is 11.6 Å². The van der Waals surface area contributed by atoms with Crippen LogP contribution >= 0.6 is 0 Å². The van der Waals surface area contributed by atoms with Gasteiger partial charge in [-0.25, -0.2) is 4.39 Å². The Hall–Kier alpha value is -2.44. The van der Waals surface area contributed by atoms with Gasteiger partial charge in [0, 0.05) is 51.4 Å². The number of carbonyl (C=O) groups excluding carboxylic acids is 1. The van der Waals surface area contributed by atoms with Crippen LogP contribution in [0.5, 0.6) is 5.75 Å². The van der Waals surface area contributed by atoms with Gasteiger partial charge >= 0.3 is 0 Å². The molecule has 0 radical (unpaired) electrons. The largest absolute Gasteiger partial charge is 0.496 e. The van der Waals surface area contributed by atoms with Crippen LogP contribution in [0.25, 0.3) is 0 Å². The molecular formula is C23H28FN3O2. The summed E-state index contributed by atoms with van der Waals surface area (Å²) in [5.41, 5.74) is 3.49. The highest BCUT2D eigenvalue weighted by molar-refractivity contribution is 5.78. The van der Waals surface area contributed by atoms with Crippen molar-refractivity contribution in [2.45, 2.75) is 19.5 Å². The molecule has 0 spiro atoms. The first-order chi connectivity index (χ1) is 14.1. The van der Waals surface area contributed by atoms with Crippen molar-refractivity contribution >= 4 is 5.91 Å². The van der Waals surface area contributed by atoms with Gasteiger partial charge in [-0.3, -0.25) is 14.6 Å². The number of methoxy groups -OCH3 is 1. The van der Waals surface area contributed by atoms with Gasteiger partial charge in [-0.1, -0.05) is 24.3 Å². The second kappa shape index (κ2) is 8.93. The first-order valence-electron chi connectivity index (χ1n) is 10.2. The Morgan fingerprint density at radius 3 is 2.48 bits per heavy atom. The number of rotatable bonds is 5. The zero-order chi connectivity index (χ0) is 20.2. The maximum absolute atomic E-state index is 13.6. The molecule has 29 heavy (non-hydrogen) atoms. The van der Waals surface area contributed by atoms with Crippen LogP contribution in [0, 0.1) is 5.82 Å². The highest BCUT2D eigenvalue weighted by Gasteiger charge is 2.24. The Labute approximate surface area is 171 Å². The lowest BCUT2D eigenvalue weighted by Gasteiger charge is -2.36. The summed E-state index contributed by atoms with van der Waals surface area (Å²) < 4.78 is 18.9. The summed E-state index contributed by atoms with van der Waals surface area (Å²) in [6, 6.07) is 13.0. The molecule has 2 heterocycles. The lowest BCUT2D eigenvalue weighted by atomic mass is 10.00. The summed E-state index contributed by atoms with van der Waals surface area (Å²) in [4.78, 5) is 19.3. The predicted molar refractivity (Wildman–Crippen MR) is 110 cm³/mol. The third-order valence-corrected chi connectivity index (χ3v) is 5.94. The number of hydrogen-bond acceptors (Lipinski definition) is 4. The van der Waals surface area contributed by atoms with E-state index < -0.39 is 0 Å². The standard InChI is InChI=1S/C23H28FN3O2/c1-29-22-7-6-21(24)14-20(22)15-25-10-12-26(13-11-25)17-23(28)27-9-8-18-4-2-3-5-19(18)16-27/h2-7,14H,8-13,15-17H2,1H3. The highest BCUT2D eigenvalue weighted by Crippen LogP contribution is 2.22. The first kappa shape index (κ1) is 19.9. The van der Waals surface area contributed by atoms with E-state index in [9.17, 15) is 9.18 Å². The molecule has 2 aromatic rings. The number of fused-ring (bicyclic) bond motifs is 1. The molecule has 2 aromatic carbocycles. The van der Waals surface area contributed by atoms with Crippen molar-refractivity contribution < 1.29 is 13.9 Å². The van der Waals surface area contributed by atoms with E-state index in [1.807, 2.05) is 11.0 Å². The molecule has 0 atom stereocenters. The maximum atomic E-state index is 13.6. The molecule has 0 aliphatic carbocycles. The van der Waals surface area contributed by atoms with Crippen molar-refractivity contribution in [3.8, 4) is 5.75 Å². The Bertz CT molecular complexity index is 865. The number of benzene rings is 2. The summed E-state index contributed by atoms with van der Waals surface area (Å²) in [6.07, 6.45) is 0.936. The van der Waals surface area contributed by atoms with Crippen LogP contribution in [0.1, 0.15) is 16.7 Å². The molecule has 1 fully saturated rings. The van der Waals surface area contributed by atoms with Gasteiger partial charge in [0.05, 0.1) is 13.7 Å². The van der Waals surface area contributed by atoms with E-state index >= 15 is 0 Å². The maximum Gasteiger partial charge on any atom is 0.237 e. The van der Waals surface area contributed by atoms with Crippen molar-refractivity contribution in [1.29, 1.82) is 0 Å². The molecule has 0 bridgehead atoms. The minimum Gasteiger partial charge on any atom is -0.496 e. The van der Waals surface area contributed by atoms with Crippen LogP contribution in [0.2, 0.25) is 0 Å². The minimum atomic E-state index is -0.242. The average molecular weight is 397 g/mol. The third-order valence-electron chi connectivity index (χ3n) is 5.94. The van der Waals surface area contributed by atoms with E-state index in [1.165, 1.54) is 17.2 Å². The van der Waals surface area contributed by atoms with Gasteiger partial charge in [-0.15, -0.1) is 0 Å². The molecule has 154 valence electrons. The summed E-state index contributed by atoms with van der Waals surface area (Å²) in [6.45, 7) is 6.04. The van der Waals surface area contributed by atoms with Gasteiger partial charge in [0.2, 0.25) is 5.91 Å². The average Bonchev–Trinajstić information content (AvgIpc) is 2.75. The number of hydrogen-bond donors (Lipinski definition) is 0. The molecule has 1 amide bonds. The molecule has 5 nitrogen and oxygen atoms in total. The lowest BCUT2D eigenvalue weighted by Crippen LogP contribution is -2.50. The minimum absolute atomic E-state index is 0.208. The van der Waals surface area contributed by atoms with Crippen molar-refractivity contribution in [1.82, 2.24) is 14.7 Å². The lowest BCUT2D eigenvalue weighted by molar-refractivity contribution is -0.133. The zero-order valence-electron chi connectivity index (χ0n) is 16.9. The summed E-state index contributed by atoms with van der Waals surface area (Å²) in [7, 11) is 1.61. The molecule has 0 N–H and O–H groups in total. The van der Waals surface area contributed by atoms with Gasteiger partial charge in [-0.2, -0.15) is 0 Å². The Morgan fingerprint density at radius 2 is 1.72 bits per heavy atom. The summed E-state index contributed by atoms with van der Waals surface area (Å²) in [5.74, 6) is 0.683. The molecule has 6 heteroatoms. The van der Waals surface area contributed by atoms with Crippen LogP contribution in [0.3, 0.4) is 0 Å². The van der Waals surface area contributed by atoms with E-state index in [-0.39, 0.29) is 11.7 Å². The topological polar surface area (TPSA) is 36.0 Å². The van der Waals surface area contributed by atoms with E-state index in [0.717, 1.165) is 50.5 Å². The van der Waals surface area contributed by atoms with Crippen molar-refractivity contribution in [2.24, 2.45) is 0 Å². The summed E-state index contributed by atoms with van der Waals surface area (Å²) >= 11 is 0. The Morgan fingerprint density at radius 1 is 1.00 bits per heavy atom. The van der Waals surface area contributed by atoms with Gasteiger partial charge < -0.3 is 9.64 Å². The second-order valence-corrected chi connectivity index (χ2v) is 7.84. The van der Waals surface area contributed by atoms with Gasteiger partial charge in [0.15, 0.2) is 0 Å². The van der Waals surface area contributed by atoms with Gasteiger partial charge in [-0.05, 0) is 35.7 Å². The van der Waals surface area contributed by atoms with E-state index in [2.05, 4.69) is 28.0 Å². The van der Waals surface area contributed by atoms with Crippen LogP contribution in [0.4, 0.5) is 4.39 Å². The van der Waals surface area contributed by atoms with Crippen molar-refractivity contribution in [3.05, 3.63) is 65.0 Å². The smallest absolute Gasteiger partial charge is 0.237 e. The molecular weight excluding hydrogens is 369 g/mol. The number of halogens is 1. The quantitative estimate of drug-likeness (QED) is 0.777. The van der Waals surface area contributed by atoms with Crippen LogP contribution in [-0.2, 0) is 24.3 Å². The molecule has 1 saturated heterocycles. The second-order valence-electron chi connectivity index (χ2n) is 7.84. The number of ether oxygens (including phenoxy) is 1. The van der Waals surface area contributed by atoms with Crippen LogP contribution in [-0.4, -0.2) is 67.0 Å². The third kappa shape index (κ3) is 4.77. The summed E-state index contributed by atoms with van der Waals surface area (Å²) in [5, 5.41) is 0. The molecule has 2 aliphatic rings. The van der Waals surface area contributed by atoms with Crippen molar-refractivity contribution in [3.63, 3.8) is 0 Å². The van der Waals surface area contributed by atoms with Crippen LogP contribution < -0.4 is 4.74 Å². The first-order valence-corrected chi connectivity index (χ1v) is 10.2. The highest BCUT2D eigenvalue weighted by atomic mass is 19.1. The fourth-order valence-corrected chi connectivity index (χ4v) is 4.22. The molecule has 0 aromatic heterocycles. The van der Waals surface area contributed by atoms with E-state index in [0.29, 0.717) is 19.6 Å². The van der Waals surface area contributed by atoms with Crippen LogP contribution in [0.15, 0.2) is 42.5 Å². The Kier molecular flexibility index (Phi) is 6.11. The Balaban J connectivity index is 1.27. The molecule has 2 aliphatic heterocycles. The van der Waals surface area contributed by atoms with E-state index in [1.54, 1.807) is 19.2 Å².